The van der Waals surface area contributed by atoms with Gasteiger partial charge in [-0.05, 0) is 29.4 Å². The molecule has 1 aromatic heterocycles. The highest BCUT2D eigenvalue weighted by Crippen LogP contribution is 2.38. The van der Waals surface area contributed by atoms with Gasteiger partial charge in [-0.2, -0.15) is 0 Å². The Hall–Kier alpha value is -2.53. The van der Waals surface area contributed by atoms with Gasteiger partial charge in [0.2, 0.25) is 0 Å². The number of aromatic nitrogens is 1. The van der Waals surface area contributed by atoms with Gasteiger partial charge in [0, 0.05) is 11.1 Å². The van der Waals surface area contributed by atoms with E-state index < -0.39 is 11.2 Å². The lowest BCUT2D eigenvalue weighted by atomic mass is 9.98. The standard InChI is InChI=1S/C25H29NO3S/c1-6-21(24(27)28)30-25-26-22(19-11-7-17(8-12-19)15(2)3)23(29-25)20-13-9-18(10-14-20)16(4)5/h7-16,21H,6H2,1-5H3,(H,27,28). The first-order valence-corrected chi connectivity index (χ1v) is 11.3. The van der Waals surface area contributed by atoms with Gasteiger partial charge < -0.3 is 9.52 Å². The summed E-state index contributed by atoms with van der Waals surface area (Å²) in [6, 6.07) is 16.6. The predicted molar refractivity (Wildman–Crippen MR) is 123 cm³/mol. The van der Waals surface area contributed by atoms with Crippen LogP contribution in [0.1, 0.15) is 64.0 Å². The molecule has 5 heteroatoms. The fourth-order valence-electron chi connectivity index (χ4n) is 3.22. The van der Waals surface area contributed by atoms with Gasteiger partial charge in [0.05, 0.1) is 0 Å². The molecule has 0 aliphatic carbocycles. The van der Waals surface area contributed by atoms with Gasteiger partial charge in [-0.1, -0.05) is 94.9 Å². The summed E-state index contributed by atoms with van der Waals surface area (Å²) in [4.78, 5) is 16.2. The van der Waals surface area contributed by atoms with E-state index in [-0.39, 0.29) is 0 Å². The second-order valence-electron chi connectivity index (χ2n) is 8.06. The molecular formula is C25H29NO3S. The summed E-state index contributed by atoms with van der Waals surface area (Å²) in [7, 11) is 0. The van der Waals surface area contributed by atoms with Crippen molar-refractivity contribution in [2.24, 2.45) is 0 Å². The number of thioether (sulfide) groups is 1. The molecule has 0 aliphatic rings. The quantitative estimate of drug-likeness (QED) is 0.388. The lowest BCUT2D eigenvalue weighted by molar-refractivity contribution is -0.136. The van der Waals surface area contributed by atoms with E-state index in [0.29, 0.717) is 29.2 Å². The number of carboxylic acid groups (broad SMARTS) is 1. The molecule has 0 fully saturated rings. The normalized spacial score (nSPS) is 12.5. The molecule has 158 valence electrons. The van der Waals surface area contributed by atoms with Crippen molar-refractivity contribution in [1.29, 1.82) is 0 Å². The largest absolute Gasteiger partial charge is 0.480 e. The molecule has 1 N–H and O–H groups in total. The monoisotopic (exact) mass is 423 g/mol. The van der Waals surface area contributed by atoms with Crippen LogP contribution in [0.15, 0.2) is 58.2 Å². The molecular weight excluding hydrogens is 394 g/mol. The van der Waals surface area contributed by atoms with E-state index in [4.69, 9.17) is 9.40 Å². The summed E-state index contributed by atoms with van der Waals surface area (Å²) in [6.45, 7) is 10.5. The Bertz CT molecular complexity index is 919. The van der Waals surface area contributed by atoms with Crippen molar-refractivity contribution in [3.05, 3.63) is 59.7 Å². The van der Waals surface area contributed by atoms with Gasteiger partial charge in [0.1, 0.15) is 10.9 Å². The van der Waals surface area contributed by atoms with Crippen LogP contribution in [0.3, 0.4) is 0 Å². The Balaban J connectivity index is 2.05. The van der Waals surface area contributed by atoms with Gasteiger partial charge in [-0.3, -0.25) is 4.79 Å². The molecule has 0 spiro atoms. The maximum absolute atomic E-state index is 11.5. The Kier molecular flexibility index (Phi) is 7.03. The van der Waals surface area contributed by atoms with Crippen LogP contribution in [-0.2, 0) is 4.79 Å². The lowest BCUT2D eigenvalue weighted by Gasteiger charge is -2.08. The van der Waals surface area contributed by atoms with Gasteiger partial charge in [-0.25, -0.2) is 4.98 Å². The summed E-state index contributed by atoms with van der Waals surface area (Å²) in [5.41, 5.74) is 5.15. The van der Waals surface area contributed by atoms with Crippen molar-refractivity contribution >= 4 is 17.7 Å². The fourth-order valence-corrected chi connectivity index (χ4v) is 4.00. The van der Waals surface area contributed by atoms with E-state index in [2.05, 4.69) is 64.1 Å². The number of rotatable bonds is 8. The van der Waals surface area contributed by atoms with Gasteiger partial charge in [0.15, 0.2) is 5.76 Å². The molecule has 0 aliphatic heterocycles. The molecule has 0 radical (unpaired) electrons. The van der Waals surface area contributed by atoms with Crippen LogP contribution in [0.5, 0.6) is 0 Å². The summed E-state index contributed by atoms with van der Waals surface area (Å²) < 4.78 is 6.10. The minimum atomic E-state index is -0.855. The number of aliphatic carboxylic acids is 1. The average Bonchev–Trinajstić information content (AvgIpc) is 3.15. The molecule has 30 heavy (non-hydrogen) atoms. The fraction of sp³-hybridized carbons (Fsp3) is 0.360. The third kappa shape index (κ3) is 4.96. The Morgan fingerprint density at radius 1 is 0.933 bits per heavy atom. The average molecular weight is 424 g/mol. The molecule has 0 saturated heterocycles. The molecule has 3 rings (SSSR count). The van der Waals surface area contributed by atoms with Crippen LogP contribution < -0.4 is 0 Å². The maximum atomic E-state index is 11.5. The second kappa shape index (κ2) is 9.52. The number of nitrogens with zero attached hydrogens (tertiary/aromatic N) is 1. The molecule has 3 aromatic rings. The SMILES string of the molecule is CCC(Sc1nc(-c2ccc(C(C)C)cc2)c(-c2ccc(C(C)C)cc2)o1)C(=O)O. The number of carboxylic acids is 1. The van der Waals surface area contributed by atoms with E-state index in [0.717, 1.165) is 28.6 Å². The van der Waals surface area contributed by atoms with E-state index in [1.807, 2.05) is 19.1 Å². The minimum Gasteiger partial charge on any atom is -0.480 e. The first-order chi connectivity index (χ1) is 14.3. The Morgan fingerprint density at radius 2 is 1.43 bits per heavy atom. The van der Waals surface area contributed by atoms with Crippen LogP contribution in [0.4, 0.5) is 0 Å². The highest BCUT2D eigenvalue weighted by molar-refractivity contribution is 8.00. The maximum Gasteiger partial charge on any atom is 0.317 e. The molecule has 1 unspecified atom stereocenters. The first-order valence-electron chi connectivity index (χ1n) is 10.4. The van der Waals surface area contributed by atoms with Crippen molar-refractivity contribution in [1.82, 2.24) is 4.98 Å². The van der Waals surface area contributed by atoms with Gasteiger partial charge >= 0.3 is 5.97 Å². The first kappa shape index (κ1) is 22.2. The molecule has 4 nitrogen and oxygen atoms in total. The number of carbonyl (C=O) groups is 1. The number of benzene rings is 2. The van der Waals surface area contributed by atoms with E-state index in [1.165, 1.54) is 11.1 Å². The van der Waals surface area contributed by atoms with Crippen LogP contribution in [0.2, 0.25) is 0 Å². The molecule has 1 atom stereocenters. The number of hydrogen-bond donors (Lipinski definition) is 1. The zero-order valence-corrected chi connectivity index (χ0v) is 19.0. The van der Waals surface area contributed by atoms with Gasteiger partial charge in [0.25, 0.3) is 5.22 Å². The number of oxazole rings is 1. The van der Waals surface area contributed by atoms with Crippen LogP contribution in [-0.4, -0.2) is 21.3 Å². The molecule has 0 saturated carbocycles. The van der Waals surface area contributed by atoms with Crippen molar-refractivity contribution < 1.29 is 14.3 Å². The van der Waals surface area contributed by atoms with Gasteiger partial charge in [-0.15, -0.1) is 0 Å². The Labute approximate surface area is 182 Å². The summed E-state index contributed by atoms with van der Waals surface area (Å²) in [5, 5.41) is 9.22. The zero-order chi connectivity index (χ0) is 21.8. The topological polar surface area (TPSA) is 63.3 Å². The Morgan fingerprint density at radius 3 is 1.87 bits per heavy atom. The molecule has 0 bridgehead atoms. The van der Waals surface area contributed by atoms with E-state index in [1.54, 1.807) is 0 Å². The summed E-state index contributed by atoms with van der Waals surface area (Å²) in [5.74, 6) is 0.715. The third-order valence-electron chi connectivity index (χ3n) is 5.19. The molecule has 1 heterocycles. The highest BCUT2D eigenvalue weighted by atomic mass is 32.2. The summed E-state index contributed by atoms with van der Waals surface area (Å²) in [6.07, 6.45) is 0.499. The summed E-state index contributed by atoms with van der Waals surface area (Å²) >= 11 is 1.16. The third-order valence-corrected chi connectivity index (χ3v) is 6.38. The van der Waals surface area contributed by atoms with Crippen molar-refractivity contribution in [2.45, 2.75) is 63.3 Å². The molecule has 2 aromatic carbocycles. The van der Waals surface area contributed by atoms with Crippen LogP contribution >= 0.6 is 11.8 Å². The second-order valence-corrected chi connectivity index (χ2v) is 9.22. The molecule has 0 amide bonds. The van der Waals surface area contributed by atoms with Crippen LogP contribution in [0, 0.1) is 0 Å². The van der Waals surface area contributed by atoms with E-state index >= 15 is 0 Å². The predicted octanol–water partition coefficient (Wildman–Crippen LogP) is 7.21. The van der Waals surface area contributed by atoms with Crippen LogP contribution in [0.25, 0.3) is 22.6 Å². The minimum absolute atomic E-state index is 0.384. The van der Waals surface area contributed by atoms with E-state index in [9.17, 15) is 9.90 Å². The van der Waals surface area contributed by atoms with Crippen molar-refractivity contribution in [3.8, 4) is 22.6 Å². The zero-order valence-electron chi connectivity index (χ0n) is 18.2. The highest BCUT2D eigenvalue weighted by Gasteiger charge is 2.23. The van der Waals surface area contributed by atoms with Crippen molar-refractivity contribution in [2.75, 3.05) is 0 Å². The smallest absolute Gasteiger partial charge is 0.317 e. The lowest BCUT2D eigenvalue weighted by Crippen LogP contribution is -2.14. The number of hydrogen-bond acceptors (Lipinski definition) is 4. The van der Waals surface area contributed by atoms with Crippen molar-refractivity contribution in [3.63, 3.8) is 0 Å².